The van der Waals surface area contributed by atoms with Crippen molar-refractivity contribution in [1.82, 2.24) is 0 Å². The van der Waals surface area contributed by atoms with Gasteiger partial charge >= 0.3 is 5.97 Å². The van der Waals surface area contributed by atoms with E-state index in [0.717, 1.165) is 11.3 Å². The molecule has 4 nitrogen and oxygen atoms in total. The average molecular weight is 313 g/mol. The first-order valence-corrected chi connectivity index (χ1v) is 7.64. The van der Waals surface area contributed by atoms with E-state index in [1.807, 2.05) is 67.6 Å². The van der Waals surface area contributed by atoms with Crippen LogP contribution in [-0.4, -0.2) is 26.3 Å². The smallest absolute Gasteiger partial charge is 0.313 e. The number of ether oxygens (including phenoxy) is 2. The lowest BCUT2D eigenvalue weighted by atomic mass is 9.88. The summed E-state index contributed by atoms with van der Waals surface area (Å²) in [5, 5.41) is 3.44. The molecule has 23 heavy (non-hydrogen) atoms. The van der Waals surface area contributed by atoms with Crippen LogP contribution in [0.25, 0.3) is 0 Å². The van der Waals surface area contributed by atoms with E-state index in [-0.39, 0.29) is 18.1 Å². The maximum absolute atomic E-state index is 12.4. The predicted molar refractivity (Wildman–Crippen MR) is 91.2 cm³/mol. The van der Waals surface area contributed by atoms with Gasteiger partial charge in [-0.05, 0) is 24.6 Å². The van der Waals surface area contributed by atoms with Crippen molar-refractivity contribution >= 4 is 11.7 Å². The Bertz CT molecular complexity index is 601. The van der Waals surface area contributed by atoms with Crippen LogP contribution in [0, 0.1) is 5.92 Å². The molecule has 0 saturated heterocycles. The number of benzene rings is 2. The fourth-order valence-electron chi connectivity index (χ4n) is 2.64. The van der Waals surface area contributed by atoms with E-state index in [4.69, 9.17) is 9.47 Å². The van der Waals surface area contributed by atoms with Crippen LogP contribution in [0.2, 0.25) is 0 Å². The van der Waals surface area contributed by atoms with Gasteiger partial charge in [0, 0.05) is 12.8 Å². The lowest BCUT2D eigenvalue weighted by molar-refractivity contribution is -0.150. The van der Waals surface area contributed by atoms with E-state index in [2.05, 4.69) is 5.32 Å². The van der Waals surface area contributed by atoms with E-state index >= 15 is 0 Å². The number of hydrogen-bond donors (Lipinski definition) is 1. The zero-order valence-corrected chi connectivity index (χ0v) is 13.7. The van der Waals surface area contributed by atoms with Gasteiger partial charge in [0.05, 0.1) is 19.3 Å². The molecule has 0 heterocycles. The Kier molecular flexibility index (Phi) is 6.18. The molecule has 2 aromatic carbocycles. The third kappa shape index (κ3) is 4.33. The number of para-hydroxylation sites is 1. The second kappa shape index (κ2) is 8.34. The fraction of sp³-hybridized carbons (Fsp3) is 0.316. The maximum atomic E-state index is 12.4. The average Bonchev–Trinajstić information content (AvgIpc) is 2.62. The van der Waals surface area contributed by atoms with Gasteiger partial charge in [0.15, 0.2) is 0 Å². The molecule has 0 aromatic heterocycles. The molecule has 0 radical (unpaired) electrons. The highest BCUT2D eigenvalue weighted by molar-refractivity contribution is 5.75. The summed E-state index contributed by atoms with van der Waals surface area (Å²) in [5.41, 5.74) is 1.95. The van der Waals surface area contributed by atoms with E-state index in [9.17, 15) is 4.79 Å². The number of carbonyl (C=O) groups excluding carboxylic acids is 1. The largest absolute Gasteiger partial charge is 0.469 e. The second-order valence-electron chi connectivity index (χ2n) is 5.39. The number of carbonyl (C=O) groups is 1. The van der Waals surface area contributed by atoms with Crippen molar-refractivity contribution in [3.8, 4) is 0 Å². The molecule has 0 bridgehead atoms. The predicted octanol–water partition coefficient (Wildman–Crippen LogP) is 3.66. The van der Waals surface area contributed by atoms with Crippen LogP contribution in [0.5, 0.6) is 0 Å². The van der Waals surface area contributed by atoms with Gasteiger partial charge in [-0.2, -0.15) is 0 Å². The van der Waals surface area contributed by atoms with Crippen LogP contribution in [0.4, 0.5) is 5.69 Å². The van der Waals surface area contributed by atoms with Crippen molar-refractivity contribution in [1.29, 1.82) is 0 Å². The molecule has 3 unspecified atom stereocenters. The van der Waals surface area contributed by atoms with Gasteiger partial charge in [-0.15, -0.1) is 0 Å². The summed E-state index contributed by atoms with van der Waals surface area (Å²) in [6.45, 7) is 1.88. The van der Waals surface area contributed by atoms with Crippen LogP contribution >= 0.6 is 0 Å². The summed E-state index contributed by atoms with van der Waals surface area (Å²) in [5.74, 6) is -0.760. The molecule has 1 N–H and O–H groups in total. The minimum absolute atomic E-state index is 0.249. The Morgan fingerprint density at radius 1 is 0.957 bits per heavy atom. The van der Waals surface area contributed by atoms with E-state index in [1.54, 1.807) is 7.11 Å². The van der Waals surface area contributed by atoms with Gasteiger partial charge in [0.1, 0.15) is 5.92 Å². The molecular weight excluding hydrogens is 290 g/mol. The second-order valence-corrected chi connectivity index (χ2v) is 5.39. The normalized spacial score (nSPS) is 14.6. The van der Waals surface area contributed by atoms with Crippen LogP contribution in [-0.2, 0) is 14.3 Å². The topological polar surface area (TPSA) is 47.6 Å². The molecular formula is C19H23NO3. The van der Waals surface area contributed by atoms with Crippen LogP contribution < -0.4 is 5.32 Å². The third-order valence-corrected chi connectivity index (χ3v) is 3.96. The number of esters is 1. The van der Waals surface area contributed by atoms with Gasteiger partial charge < -0.3 is 14.8 Å². The summed E-state index contributed by atoms with van der Waals surface area (Å²) in [4.78, 5) is 12.4. The summed E-state index contributed by atoms with van der Waals surface area (Å²) >= 11 is 0. The Labute approximate surface area is 137 Å². The Hall–Kier alpha value is -2.33. The number of nitrogens with one attached hydrogen (secondary N) is 1. The minimum Gasteiger partial charge on any atom is -0.469 e. The van der Waals surface area contributed by atoms with E-state index < -0.39 is 5.92 Å². The fourth-order valence-corrected chi connectivity index (χ4v) is 2.64. The minimum atomic E-state index is -0.465. The molecule has 0 aliphatic carbocycles. The molecule has 2 aromatic rings. The summed E-state index contributed by atoms with van der Waals surface area (Å²) < 4.78 is 10.5. The van der Waals surface area contributed by atoms with Crippen molar-refractivity contribution in [3.05, 3.63) is 66.2 Å². The summed E-state index contributed by atoms with van der Waals surface area (Å²) in [7, 11) is 3.01. The molecule has 0 amide bonds. The quantitative estimate of drug-likeness (QED) is 0.792. The highest BCUT2D eigenvalue weighted by Crippen LogP contribution is 2.31. The summed E-state index contributed by atoms with van der Waals surface area (Å²) in [6, 6.07) is 19.4. The van der Waals surface area contributed by atoms with Crippen LogP contribution in [0.1, 0.15) is 18.5 Å². The van der Waals surface area contributed by atoms with Gasteiger partial charge in [-0.1, -0.05) is 48.5 Å². The van der Waals surface area contributed by atoms with Crippen molar-refractivity contribution < 1.29 is 14.3 Å². The van der Waals surface area contributed by atoms with E-state index in [1.165, 1.54) is 7.11 Å². The number of methoxy groups -OCH3 is 2. The van der Waals surface area contributed by atoms with Gasteiger partial charge in [-0.25, -0.2) is 0 Å². The Morgan fingerprint density at radius 2 is 1.52 bits per heavy atom. The van der Waals surface area contributed by atoms with Crippen LogP contribution in [0.3, 0.4) is 0 Å². The van der Waals surface area contributed by atoms with Gasteiger partial charge in [-0.3, -0.25) is 4.79 Å². The van der Waals surface area contributed by atoms with Gasteiger partial charge in [0.2, 0.25) is 0 Å². The Balaban J connectivity index is 2.40. The lowest BCUT2D eigenvalue weighted by Crippen LogP contribution is -2.37. The van der Waals surface area contributed by atoms with Crippen molar-refractivity contribution in [2.75, 3.05) is 19.5 Å². The molecule has 0 fully saturated rings. The first-order valence-electron chi connectivity index (χ1n) is 7.64. The highest BCUT2D eigenvalue weighted by Gasteiger charge is 2.35. The molecule has 0 aliphatic rings. The first kappa shape index (κ1) is 17.0. The number of anilines is 1. The summed E-state index contributed by atoms with van der Waals surface area (Å²) in [6.07, 6.45) is -0.288. The molecule has 0 saturated carbocycles. The van der Waals surface area contributed by atoms with Crippen molar-refractivity contribution in [2.45, 2.75) is 19.1 Å². The zero-order valence-electron chi connectivity index (χ0n) is 13.7. The molecule has 0 aliphatic heterocycles. The van der Waals surface area contributed by atoms with E-state index in [0.29, 0.717) is 0 Å². The third-order valence-electron chi connectivity index (χ3n) is 3.96. The highest BCUT2D eigenvalue weighted by atomic mass is 16.5. The first-order chi connectivity index (χ1) is 11.2. The Morgan fingerprint density at radius 3 is 2.04 bits per heavy atom. The molecule has 122 valence electrons. The molecule has 3 atom stereocenters. The maximum Gasteiger partial charge on any atom is 0.313 e. The van der Waals surface area contributed by atoms with Crippen molar-refractivity contribution in [2.24, 2.45) is 5.92 Å². The lowest BCUT2D eigenvalue weighted by Gasteiger charge is -2.31. The molecule has 2 rings (SSSR count). The number of rotatable bonds is 7. The standard InChI is InChI=1S/C19H23NO3/c1-14(22-2)17(19(21)23-3)18(15-10-6-4-7-11-15)20-16-12-8-5-9-13-16/h4-14,17-18,20H,1-3H3. The van der Waals surface area contributed by atoms with Gasteiger partial charge in [0.25, 0.3) is 0 Å². The number of hydrogen-bond acceptors (Lipinski definition) is 4. The van der Waals surface area contributed by atoms with Crippen LogP contribution in [0.15, 0.2) is 60.7 Å². The monoisotopic (exact) mass is 313 g/mol. The van der Waals surface area contributed by atoms with Crippen molar-refractivity contribution in [3.63, 3.8) is 0 Å². The molecule has 0 spiro atoms. The zero-order chi connectivity index (χ0) is 16.7. The molecule has 4 heteroatoms. The SMILES string of the molecule is COC(=O)C(C(C)OC)C(Nc1ccccc1)c1ccccc1.